The molecule has 0 spiro atoms. The maximum absolute atomic E-state index is 10.4. The van der Waals surface area contributed by atoms with E-state index >= 15 is 0 Å². The van der Waals surface area contributed by atoms with E-state index in [0.29, 0.717) is 12.2 Å². The zero-order valence-electron chi connectivity index (χ0n) is 5.95. The average molecular weight is 296 g/mol. The first-order valence-corrected chi connectivity index (χ1v) is 7.12. The molecule has 0 aliphatic heterocycles. The van der Waals surface area contributed by atoms with Gasteiger partial charge >= 0.3 is 5.97 Å². The summed E-state index contributed by atoms with van der Waals surface area (Å²) in [6.07, 6.45) is 0. The van der Waals surface area contributed by atoms with E-state index in [9.17, 15) is 4.79 Å². The number of halogens is 1. The Morgan fingerprint density at radius 1 is 1.42 bits per heavy atom. The lowest BCUT2D eigenvalue weighted by Crippen LogP contribution is -1.94. The van der Waals surface area contributed by atoms with Crippen molar-refractivity contribution in [2.45, 2.75) is 0 Å². The summed E-state index contributed by atoms with van der Waals surface area (Å²) in [4.78, 5) is 10.4. The molecule has 0 aliphatic carbocycles. The Morgan fingerprint density at radius 2 is 2.00 bits per heavy atom. The Balaban J connectivity index is 2.78. The van der Waals surface area contributed by atoms with Crippen LogP contribution >= 0.6 is 28.5 Å². The molecule has 0 radical (unpaired) electrons. The van der Waals surface area contributed by atoms with Gasteiger partial charge in [-0.2, -0.15) is 0 Å². The summed E-state index contributed by atoms with van der Waals surface area (Å²) in [6.45, 7) is 0.349. The molecule has 0 saturated heterocycles. The molecule has 0 amide bonds. The fraction of sp³-hybridized carbons (Fsp3) is 0. The van der Waals surface area contributed by atoms with Crippen molar-refractivity contribution in [3.63, 3.8) is 0 Å². The molecule has 1 aromatic rings. The van der Waals surface area contributed by atoms with Gasteiger partial charge < -0.3 is 9.63 Å². The van der Waals surface area contributed by atoms with Crippen LogP contribution in [-0.2, 0) is 0 Å². The van der Waals surface area contributed by atoms with Gasteiger partial charge in [0.15, 0.2) is 0 Å². The van der Waals surface area contributed by atoms with E-state index in [4.69, 9.17) is 9.63 Å². The highest BCUT2D eigenvalue weighted by molar-refractivity contribution is 14.2. The summed E-state index contributed by atoms with van der Waals surface area (Å²) in [7, 11) is 0. The molecule has 1 atom stereocenters. The summed E-state index contributed by atoms with van der Waals surface area (Å²) < 4.78 is 5.16. The highest BCUT2D eigenvalue weighted by Gasteiger charge is 2.00. The van der Waals surface area contributed by atoms with Gasteiger partial charge in [-0.25, -0.2) is 4.79 Å². The fourth-order valence-corrected chi connectivity index (χ4v) is 1.70. The van der Waals surface area contributed by atoms with Gasteiger partial charge in [0.05, 0.1) is 5.56 Å². The number of benzene rings is 1. The number of carboxylic acid groups (broad SMARTS) is 1. The van der Waals surface area contributed by atoms with E-state index in [1.165, 1.54) is 12.1 Å². The van der Waals surface area contributed by atoms with Crippen molar-refractivity contribution in [2.75, 3.05) is 0 Å². The van der Waals surface area contributed by atoms with Gasteiger partial charge in [-0.3, -0.25) is 0 Å². The van der Waals surface area contributed by atoms with Crippen molar-refractivity contribution < 1.29 is 14.4 Å². The molecular formula is C7H6IO3P. The van der Waals surface area contributed by atoms with Gasteiger partial charge in [-0.05, 0) is 46.3 Å². The standard InChI is InChI=1S/C7H6IO3P/c8-12-11-6-3-1-5(2-4-6)7(9)10/h1-4,12H,(H,9,10). The minimum Gasteiger partial charge on any atom is -0.478 e. The number of aromatic carboxylic acids is 1. The SMILES string of the molecule is O=C(O)c1ccc(OPI)cc1. The number of rotatable bonds is 3. The molecule has 0 heterocycles. The normalized spacial score (nSPS) is 10.4. The summed E-state index contributed by atoms with van der Waals surface area (Å²) in [5, 5.41) is 8.57. The quantitative estimate of drug-likeness (QED) is 0.689. The van der Waals surface area contributed by atoms with Gasteiger partial charge in [-0.15, -0.1) is 0 Å². The highest BCUT2D eigenvalue weighted by Crippen LogP contribution is 2.26. The van der Waals surface area contributed by atoms with E-state index in [0.717, 1.165) is 0 Å². The van der Waals surface area contributed by atoms with Crippen molar-refractivity contribution in [3.05, 3.63) is 29.8 Å². The van der Waals surface area contributed by atoms with Crippen LogP contribution in [0.2, 0.25) is 0 Å². The van der Waals surface area contributed by atoms with E-state index in [1.54, 1.807) is 12.1 Å². The Kier molecular flexibility index (Phi) is 3.75. The molecule has 1 rings (SSSR count). The molecule has 12 heavy (non-hydrogen) atoms. The van der Waals surface area contributed by atoms with Crippen molar-refractivity contribution in [1.29, 1.82) is 0 Å². The van der Waals surface area contributed by atoms with Crippen molar-refractivity contribution in [3.8, 4) is 5.75 Å². The molecule has 5 heteroatoms. The molecule has 0 aromatic heterocycles. The summed E-state index contributed by atoms with van der Waals surface area (Å²) in [5.41, 5.74) is 0.277. The second-order valence-corrected chi connectivity index (χ2v) is 3.69. The Hall–Kier alpha value is -0.350. The predicted molar refractivity (Wildman–Crippen MR) is 56.4 cm³/mol. The summed E-state index contributed by atoms with van der Waals surface area (Å²) in [5.74, 6) is -0.216. The molecule has 0 aliphatic rings. The number of carboxylic acids is 1. The third kappa shape index (κ3) is 2.60. The molecule has 0 bridgehead atoms. The van der Waals surface area contributed by atoms with Crippen LogP contribution in [0.1, 0.15) is 10.4 Å². The van der Waals surface area contributed by atoms with E-state index in [-0.39, 0.29) is 5.56 Å². The lowest BCUT2D eigenvalue weighted by Gasteiger charge is -2.00. The highest BCUT2D eigenvalue weighted by atomic mass is 127. The lowest BCUT2D eigenvalue weighted by molar-refractivity contribution is 0.0697. The fourth-order valence-electron chi connectivity index (χ4n) is 0.710. The first-order valence-electron chi connectivity index (χ1n) is 3.10. The molecule has 0 fully saturated rings. The molecule has 0 saturated carbocycles. The van der Waals surface area contributed by atoms with Gasteiger partial charge in [0, 0.05) is 0 Å². The van der Waals surface area contributed by atoms with Gasteiger partial charge in [0.1, 0.15) is 12.2 Å². The zero-order chi connectivity index (χ0) is 8.97. The Bertz CT molecular complexity index is 272. The second-order valence-electron chi connectivity index (χ2n) is 2.01. The molecule has 1 N–H and O–H groups in total. The first-order chi connectivity index (χ1) is 5.74. The molecular weight excluding hydrogens is 290 g/mol. The first kappa shape index (κ1) is 9.74. The van der Waals surface area contributed by atoms with Crippen LogP contribution in [0.15, 0.2) is 24.3 Å². The predicted octanol–water partition coefficient (Wildman–Crippen LogP) is 2.71. The van der Waals surface area contributed by atoms with E-state index in [1.807, 2.05) is 0 Å². The second kappa shape index (κ2) is 4.62. The van der Waals surface area contributed by atoms with Crippen LogP contribution in [0.3, 0.4) is 0 Å². The summed E-state index contributed by atoms with van der Waals surface area (Å²) >= 11 is 2.10. The van der Waals surface area contributed by atoms with Crippen LogP contribution < -0.4 is 4.52 Å². The van der Waals surface area contributed by atoms with Crippen LogP contribution in [0.25, 0.3) is 0 Å². The van der Waals surface area contributed by atoms with Gasteiger partial charge in [0.25, 0.3) is 0 Å². The van der Waals surface area contributed by atoms with Crippen molar-refractivity contribution >= 4 is 34.5 Å². The average Bonchev–Trinajstić information content (AvgIpc) is 2.06. The number of hydrogen-bond donors (Lipinski definition) is 1. The van der Waals surface area contributed by atoms with Crippen LogP contribution in [-0.4, -0.2) is 11.1 Å². The molecule has 64 valence electrons. The topological polar surface area (TPSA) is 46.5 Å². The zero-order valence-corrected chi connectivity index (χ0v) is 9.11. The monoisotopic (exact) mass is 296 g/mol. The lowest BCUT2D eigenvalue weighted by atomic mass is 10.2. The Morgan fingerprint density at radius 3 is 2.42 bits per heavy atom. The molecule has 3 nitrogen and oxygen atoms in total. The Labute approximate surface area is 84.5 Å². The third-order valence-corrected chi connectivity index (χ3v) is 2.23. The molecule has 1 aromatic carbocycles. The van der Waals surface area contributed by atoms with E-state index < -0.39 is 5.97 Å². The largest absolute Gasteiger partial charge is 0.478 e. The maximum Gasteiger partial charge on any atom is 0.335 e. The van der Waals surface area contributed by atoms with Gasteiger partial charge in [-0.1, -0.05) is 0 Å². The maximum atomic E-state index is 10.4. The number of carbonyl (C=O) groups is 1. The van der Waals surface area contributed by atoms with Crippen molar-refractivity contribution in [1.82, 2.24) is 0 Å². The van der Waals surface area contributed by atoms with Crippen molar-refractivity contribution in [2.24, 2.45) is 0 Å². The minimum absolute atomic E-state index is 0.277. The van der Waals surface area contributed by atoms with Gasteiger partial charge in [0.2, 0.25) is 0 Å². The van der Waals surface area contributed by atoms with Crippen LogP contribution in [0, 0.1) is 0 Å². The van der Waals surface area contributed by atoms with Crippen LogP contribution in [0.4, 0.5) is 0 Å². The van der Waals surface area contributed by atoms with E-state index in [2.05, 4.69) is 22.0 Å². The smallest absolute Gasteiger partial charge is 0.335 e. The minimum atomic E-state index is -0.918. The number of hydrogen-bond acceptors (Lipinski definition) is 2. The van der Waals surface area contributed by atoms with Crippen LogP contribution in [0.5, 0.6) is 5.75 Å². The summed E-state index contributed by atoms with van der Waals surface area (Å²) in [6, 6.07) is 6.34. The third-order valence-electron chi connectivity index (χ3n) is 1.26. The molecule has 1 unspecified atom stereocenters.